The summed E-state index contributed by atoms with van der Waals surface area (Å²) in [6.45, 7) is 1.06. The number of anilines is 1. The van der Waals surface area contributed by atoms with Crippen molar-refractivity contribution in [1.29, 1.82) is 0 Å². The van der Waals surface area contributed by atoms with Gasteiger partial charge in [-0.2, -0.15) is 5.10 Å². The molecule has 0 saturated heterocycles. The highest BCUT2D eigenvalue weighted by atomic mass is 79.9. The minimum Gasteiger partial charge on any atom is -0.368 e. The molecule has 2 saturated carbocycles. The highest BCUT2D eigenvalue weighted by Gasteiger charge is 2.54. The number of nitrogens with one attached hydrogen (secondary N) is 1. The number of halogens is 1. The van der Waals surface area contributed by atoms with Gasteiger partial charge in [0.15, 0.2) is 5.82 Å². The molecule has 2 aliphatic carbocycles. The molecule has 4 rings (SSSR count). The van der Waals surface area contributed by atoms with Crippen LogP contribution in [0.25, 0.3) is 5.52 Å². The standard InChI is InChI=1S/C14H17BrN4/c15-11-8-18-19-6-5-16-13(12(11)19)17-9-14-4-2-1-3-10(14)7-14/h5-6,8,10H,1-4,7,9H2,(H,16,17). The second-order valence-electron chi connectivity index (χ2n) is 5.92. The van der Waals surface area contributed by atoms with E-state index in [2.05, 4.69) is 31.3 Å². The zero-order valence-corrected chi connectivity index (χ0v) is 12.4. The SMILES string of the molecule is Brc1cnn2ccnc(NCC34CCCCC3C4)c12. The average molecular weight is 321 g/mol. The van der Waals surface area contributed by atoms with Crippen LogP contribution in [0.15, 0.2) is 23.1 Å². The van der Waals surface area contributed by atoms with Gasteiger partial charge in [0.2, 0.25) is 0 Å². The van der Waals surface area contributed by atoms with E-state index in [1.54, 1.807) is 6.20 Å². The molecule has 100 valence electrons. The summed E-state index contributed by atoms with van der Waals surface area (Å²) in [4.78, 5) is 4.47. The summed E-state index contributed by atoms with van der Waals surface area (Å²) < 4.78 is 2.86. The lowest BCUT2D eigenvalue weighted by atomic mass is 9.88. The Morgan fingerprint density at radius 3 is 3.32 bits per heavy atom. The van der Waals surface area contributed by atoms with Gasteiger partial charge >= 0.3 is 0 Å². The van der Waals surface area contributed by atoms with E-state index in [0.717, 1.165) is 28.3 Å². The Labute approximate surface area is 120 Å². The maximum atomic E-state index is 4.47. The van der Waals surface area contributed by atoms with Crippen molar-refractivity contribution in [1.82, 2.24) is 14.6 Å². The molecule has 0 radical (unpaired) electrons. The van der Waals surface area contributed by atoms with Crippen LogP contribution < -0.4 is 5.32 Å². The van der Waals surface area contributed by atoms with Gasteiger partial charge in [-0.25, -0.2) is 9.50 Å². The van der Waals surface area contributed by atoms with Gasteiger partial charge in [-0.3, -0.25) is 0 Å². The number of aromatic nitrogens is 3. The summed E-state index contributed by atoms with van der Waals surface area (Å²) in [5.41, 5.74) is 1.60. The topological polar surface area (TPSA) is 42.2 Å². The number of rotatable bonds is 3. The summed E-state index contributed by atoms with van der Waals surface area (Å²) >= 11 is 3.54. The largest absolute Gasteiger partial charge is 0.368 e. The Morgan fingerprint density at radius 2 is 2.42 bits per heavy atom. The lowest BCUT2D eigenvalue weighted by molar-refractivity contribution is 0.353. The van der Waals surface area contributed by atoms with Crippen LogP contribution in [0.5, 0.6) is 0 Å². The maximum absolute atomic E-state index is 4.47. The van der Waals surface area contributed by atoms with Gasteiger partial charge in [0.1, 0.15) is 5.52 Å². The molecule has 2 aromatic rings. The minimum absolute atomic E-state index is 0.569. The maximum Gasteiger partial charge on any atom is 0.153 e. The van der Waals surface area contributed by atoms with Crippen molar-refractivity contribution in [3.63, 3.8) is 0 Å². The van der Waals surface area contributed by atoms with Gasteiger partial charge in [0.05, 0.1) is 10.7 Å². The molecule has 2 fully saturated rings. The monoisotopic (exact) mass is 320 g/mol. The van der Waals surface area contributed by atoms with E-state index in [1.165, 1.54) is 32.1 Å². The molecule has 19 heavy (non-hydrogen) atoms. The van der Waals surface area contributed by atoms with Crippen LogP contribution in [0.1, 0.15) is 32.1 Å². The van der Waals surface area contributed by atoms with Crippen LogP contribution in [0.2, 0.25) is 0 Å². The molecule has 0 amide bonds. The van der Waals surface area contributed by atoms with E-state index in [4.69, 9.17) is 0 Å². The Kier molecular flexibility index (Phi) is 2.59. The Bertz CT molecular complexity index is 623. The highest BCUT2D eigenvalue weighted by Crippen LogP contribution is 2.61. The van der Waals surface area contributed by atoms with Crippen molar-refractivity contribution < 1.29 is 0 Å². The summed E-state index contributed by atoms with van der Waals surface area (Å²) in [6.07, 6.45) is 12.5. The lowest BCUT2D eigenvalue weighted by Gasteiger charge is -2.22. The van der Waals surface area contributed by atoms with E-state index in [-0.39, 0.29) is 0 Å². The fraction of sp³-hybridized carbons (Fsp3) is 0.571. The van der Waals surface area contributed by atoms with Crippen molar-refractivity contribution in [3.8, 4) is 0 Å². The molecule has 0 spiro atoms. The van der Waals surface area contributed by atoms with Gasteiger partial charge < -0.3 is 5.32 Å². The molecule has 0 aromatic carbocycles. The first kappa shape index (κ1) is 11.7. The molecule has 1 N–H and O–H groups in total. The third kappa shape index (κ3) is 1.86. The van der Waals surface area contributed by atoms with Crippen molar-refractivity contribution >= 4 is 27.3 Å². The van der Waals surface area contributed by atoms with Gasteiger partial charge in [-0.05, 0) is 46.5 Å². The molecule has 2 aromatic heterocycles. The molecule has 2 aliphatic rings. The molecule has 2 atom stereocenters. The smallest absolute Gasteiger partial charge is 0.153 e. The first-order valence-electron chi connectivity index (χ1n) is 7.00. The van der Waals surface area contributed by atoms with Crippen LogP contribution in [-0.4, -0.2) is 21.1 Å². The summed E-state index contributed by atoms with van der Waals surface area (Å²) in [6, 6.07) is 0. The van der Waals surface area contributed by atoms with E-state index >= 15 is 0 Å². The van der Waals surface area contributed by atoms with E-state index in [0.29, 0.717) is 5.41 Å². The van der Waals surface area contributed by atoms with Crippen molar-refractivity contribution in [2.75, 3.05) is 11.9 Å². The van der Waals surface area contributed by atoms with Gasteiger partial charge in [-0.1, -0.05) is 12.8 Å². The van der Waals surface area contributed by atoms with Crippen LogP contribution in [-0.2, 0) is 0 Å². The lowest BCUT2D eigenvalue weighted by Crippen LogP contribution is -2.21. The Balaban J connectivity index is 1.57. The van der Waals surface area contributed by atoms with E-state index in [1.807, 2.05) is 16.9 Å². The minimum atomic E-state index is 0.569. The first-order chi connectivity index (χ1) is 9.28. The van der Waals surface area contributed by atoms with Crippen molar-refractivity contribution in [2.45, 2.75) is 32.1 Å². The quantitative estimate of drug-likeness (QED) is 0.941. The highest BCUT2D eigenvalue weighted by molar-refractivity contribution is 9.10. The second-order valence-corrected chi connectivity index (χ2v) is 6.78. The van der Waals surface area contributed by atoms with E-state index < -0.39 is 0 Å². The fourth-order valence-corrected chi connectivity index (χ4v) is 4.08. The Morgan fingerprint density at radius 1 is 1.47 bits per heavy atom. The number of nitrogens with zero attached hydrogens (tertiary/aromatic N) is 3. The molecule has 2 unspecified atom stereocenters. The van der Waals surface area contributed by atoms with Crippen molar-refractivity contribution in [3.05, 3.63) is 23.1 Å². The first-order valence-corrected chi connectivity index (χ1v) is 7.80. The molecule has 0 aliphatic heterocycles. The predicted octanol–water partition coefficient (Wildman–Crippen LogP) is 3.48. The van der Waals surface area contributed by atoms with E-state index in [9.17, 15) is 0 Å². The molecule has 4 nitrogen and oxygen atoms in total. The fourth-order valence-electron chi connectivity index (χ4n) is 3.62. The summed E-state index contributed by atoms with van der Waals surface area (Å²) in [5, 5.41) is 7.86. The second kappa shape index (κ2) is 4.20. The molecule has 0 bridgehead atoms. The normalized spacial score (nSPS) is 29.2. The summed E-state index contributed by atoms with van der Waals surface area (Å²) in [5.74, 6) is 1.90. The number of hydrogen-bond acceptors (Lipinski definition) is 3. The third-order valence-electron chi connectivity index (χ3n) is 4.83. The zero-order chi connectivity index (χ0) is 12.9. The van der Waals surface area contributed by atoms with Crippen LogP contribution in [0.3, 0.4) is 0 Å². The average Bonchev–Trinajstić information content (AvgIpc) is 3.06. The predicted molar refractivity (Wildman–Crippen MR) is 78.2 cm³/mol. The summed E-state index contributed by atoms with van der Waals surface area (Å²) in [7, 11) is 0. The Hall–Kier alpha value is -1.10. The number of fused-ring (bicyclic) bond motifs is 2. The molecular formula is C14H17BrN4. The number of hydrogen-bond donors (Lipinski definition) is 1. The van der Waals surface area contributed by atoms with Crippen LogP contribution >= 0.6 is 15.9 Å². The van der Waals surface area contributed by atoms with Crippen molar-refractivity contribution in [2.24, 2.45) is 11.3 Å². The van der Waals surface area contributed by atoms with Gasteiger partial charge in [-0.15, -0.1) is 0 Å². The van der Waals surface area contributed by atoms with Gasteiger partial charge in [0.25, 0.3) is 0 Å². The van der Waals surface area contributed by atoms with Crippen LogP contribution in [0, 0.1) is 11.3 Å². The molecular weight excluding hydrogens is 304 g/mol. The zero-order valence-electron chi connectivity index (χ0n) is 10.8. The van der Waals surface area contributed by atoms with Crippen LogP contribution in [0.4, 0.5) is 5.82 Å². The third-order valence-corrected chi connectivity index (χ3v) is 5.41. The van der Waals surface area contributed by atoms with Gasteiger partial charge in [0, 0.05) is 18.9 Å². The molecule has 5 heteroatoms. The molecule has 2 heterocycles.